The quantitative estimate of drug-likeness (QED) is 0.641. The minimum atomic E-state index is -1.06. The predicted octanol–water partition coefficient (Wildman–Crippen LogP) is 2.70. The van der Waals surface area contributed by atoms with Crippen LogP contribution < -0.4 is 11.1 Å². The van der Waals surface area contributed by atoms with Crippen molar-refractivity contribution in [2.45, 2.75) is 25.4 Å². The second-order valence-electron chi connectivity index (χ2n) is 7.51. The maximum absolute atomic E-state index is 13.3. The van der Waals surface area contributed by atoms with E-state index in [1.165, 1.54) is 21.9 Å². The number of nitrogens with two attached hydrogens (primary N) is 1. The molecule has 1 fully saturated rings. The van der Waals surface area contributed by atoms with Crippen molar-refractivity contribution < 1.29 is 14.4 Å². The molecule has 7 nitrogen and oxygen atoms in total. The zero-order valence-corrected chi connectivity index (χ0v) is 19.1. The zero-order valence-electron chi connectivity index (χ0n) is 17.6. The highest BCUT2D eigenvalue weighted by atomic mass is 35.5. The first-order valence-electron chi connectivity index (χ1n) is 10.5. The molecule has 9 heteroatoms. The molecule has 32 heavy (non-hydrogen) atoms. The van der Waals surface area contributed by atoms with E-state index in [2.05, 4.69) is 5.32 Å². The highest BCUT2D eigenvalue weighted by Gasteiger charge is 2.40. The number of carbonyl (C=O) groups is 3. The molecule has 1 aliphatic heterocycles. The molecule has 0 spiro atoms. The normalized spacial score (nSPS) is 16.0. The van der Waals surface area contributed by atoms with E-state index in [-0.39, 0.29) is 30.4 Å². The van der Waals surface area contributed by atoms with E-state index in [0.29, 0.717) is 36.5 Å². The standard InChI is InChI=1S/C23H26Cl2N4O3/c24-18-9-8-17(15-19(18)25)23(32)29-14-4-13-28(22(29)21(31)27-12-11-26)20(30)10-7-16-5-2-1-3-6-16/h1-3,5-6,8-9,15,22H,4,7,10-14,26H2,(H,27,31). The Kier molecular flexibility index (Phi) is 8.50. The Morgan fingerprint density at radius 3 is 2.41 bits per heavy atom. The van der Waals surface area contributed by atoms with Gasteiger partial charge in [0.25, 0.3) is 11.8 Å². The second kappa shape index (κ2) is 11.3. The second-order valence-corrected chi connectivity index (χ2v) is 8.32. The van der Waals surface area contributed by atoms with Gasteiger partial charge in [0.05, 0.1) is 10.0 Å². The summed E-state index contributed by atoms with van der Waals surface area (Å²) in [6.45, 7) is 1.22. The Balaban J connectivity index is 1.83. The van der Waals surface area contributed by atoms with E-state index >= 15 is 0 Å². The van der Waals surface area contributed by atoms with Gasteiger partial charge >= 0.3 is 0 Å². The summed E-state index contributed by atoms with van der Waals surface area (Å²) in [6, 6.07) is 14.2. The molecule has 0 radical (unpaired) electrons. The van der Waals surface area contributed by atoms with E-state index in [4.69, 9.17) is 28.9 Å². The van der Waals surface area contributed by atoms with Gasteiger partial charge in [-0.05, 0) is 36.6 Å². The van der Waals surface area contributed by atoms with E-state index in [1.54, 1.807) is 6.07 Å². The van der Waals surface area contributed by atoms with Gasteiger partial charge < -0.3 is 20.9 Å². The van der Waals surface area contributed by atoms with Crippen LogP contribution in [0.4, 0.5) is 0 Å². The first kappa shape index (κ1) is 24.0. The number of carbonyl (C=O) groups excluding carboxylic acids is 3. The maximum Gasteiger partial charge on any atom is 0.263 e. The monoisotopic (exact) mass is 476 g/mol. The van der Waals surface area contributed by atoms with Crippen LogP contribution in [-0.4, -0.2) is 59.9 Å². The van der Waals surface area contributed by atoms with Crippen molar-refractivity contribution in [3.05, 3.63) is 69.7 Å². The lowest BCUT2D eigenvalue weighted by atomic mass is 10.1. The third kappa shape index (κ3) is 5.79. The molecule has 170 valence electrons. The summed E-state index contributed by atoms with van der Waals surface area (Å²) in [4.78, 5) is 42.3. The first-order valence-corrected chi connectivity index (χ1v) is 11.2. The van der Waals surface area contributed by atoms with Crippen molar-refractivity contribution in [3.8, 4) is 0 Å². The lowest BCUT2D eigenvalue weighted by Crippen LogP contribution is -2.63. The van der Waals surface area contributed by atoms with Crippen LogP contribution in [0.3, 0.4) is 0 Å². The van der Waals surface area contributed by atoms with Gasteiger partial charge in [0, 0.05) is 38.2 Å². The molecule has 1 atom stereocenters. The van der Waals surface area contributed by atoms with Gasteiger partial charge in [0.2, 0.25) is 5.91 Å². The summed E-state index contributed by atoms with van der Waals surface area (Å²) < 4.78 is 0. The number of amides is 3. The third-order valence-electron chi connectivity index (χ3n) is 5.28. The van der Waals surface area contributed by atoms with Crippen molar-refractivity contribution in [1.82, 2.24) is 15.1 Å². The largest absolute Gasteiger partial charge is 0.351 e. The minimum absolute atomic E-state index is 0.187. The van der Waals surface area contributed by atoms with Gasteiger partial charge in [-0.1, -0.05) is 53.5 Å². The van der Waals surface area contributed by atoms with E-state index in [9.17, 15) is 14.4 Å². The van der Waals surface area contributed by atoms with Crippen LogP contribution in [-0.2, 0) is 16.0 Å². The molecule has 1 saturated heterocycles. The van der Waals surface area contributed by atoms with Gasteiger partial charge in [-0.2, -0.15) is 0 Å². The summed E-state index contributed by atoms with van der Waals surface area (Å²) in [6.07, 6.45) is 0.291. The number of hydrogen-bond acceptors (Lipinski definition) is 4. The van der Waals surface area contributed by atoms with Gasteiger partial charge in [0.15, 0.2) is 6.17 Å². The van der Waals surface area contributed by atoms with Crippen LogP contribution in [0.15, 0.2) is 48.5 Å². The zero-order chi connectivity index (χ0) is 23.1. The number of hydrogen-bond donors (Lipinski definition) is 2. The van der Waals surface area contributed by atoms with Crippen molar-refractivity contribution in [1.29, 1.82) is 0 Å². The van der Waals surface area contributed by atoms with Crippen LogP contribution in [0, 0.1) is 0 Å². The SMILES string of the molecule is NCCNC(=O)C1N(C(=O)CCc2ccccc2)CCCN1C(=O)c1ccc(Cl)c(Cl)c1. The number of halogens is 2. The minimum Gasteiger partial charge on any atom is -0.351 e. The summed E-state index contributed by atoms with van der Waals surface area (Å²) in [5.41, 5.74) is 6.86. The Morgan fingerprint density at radius 2 is 1.72 bits per heavy atom. The number of aryl methyl sites for hydroxylation is 1. The summed E-state index contributed by atoms with van der Waals surface area (Å²) in [5, 5.41) is 3.29. The van der Waals surface area contributed by atoms with Gasteiger partial charge in [-0.3, -0.25) is 14.4 Å². The number of benzene rings is 2. The maximum atomic E-state index is 13.3. The molecular formula is C23H26Cl2N4O3. The van der Waals surface area contributed by atoms with E-state index in [1.807, 2.05) is 30.3 Å². The molecule has 0 bridgehead atoms. The number of nitrogens with one attached hydrogen (secondary N) is 1. The molecule has 3 rings (SSSR count). The van der Waals surface area contributed by atoms with Gasteiger partial charge in [-0.15, -0.1) is 0 Å². The Labute approximate surface area is 197 Å². The van der Waals surface area contributed by atoms with E-state index in [0.717, 1.165) is 5.56 Å². The van der Waals surface area contributed by atoms with Crippen LogP contribution >= 0.6 is 23.2 Å². The summed E-state index contributed by atoms with van der Waals surface area (Å²) in [7, 11) is 0. The molecule has 1 unspecified atom stereocenters. The highest BCUT2D eigenvalue weighted by molar-refractivity contribution is 6.42. The Hall–Kier alpha value is -2.61. The highest BCUT2D eigenvalue weighted by Crippen LogP contribution is 2.25. The van der Waals surface area contributed by atoms with Crippen molar-refractivity contribution in [2.75, 3.05) is 26.2 Å². The molecule has 3 amide bonds. The third-order valence-corrected chi connectivity index (χ3v) is 6.02. The van der Waals surface area contributed by atoms with E-state index < -0.39 is 18.0 Å². The molecule has 1 aliphatic rings. The predicted molar refractivity (Wildman–Crippen MR) is 124 cm³/mol. The fraction of sp³-hybridized carbons (Fsp3) is 0.348. The van der Waals surface area contributed by atoms with Crippen molar-refractivity contribution >= 4 is 40.9 Å². The van der Waals surface area contributed by atoms with Crippen molar-refractivity contribution in [3.63, 3.8) is 0 Å². The molecule has 0 saturated carbocycles. The first-order chi connectivity index (χ1) is 15.4. The van der Waals surface area contributed by atoms with Crippen LogP contribution in [0.1, 0.15) is 28.8 Å². The Bertz CT molecular complexity index is 971. The average Bonchev–Trinajstić information content (AvgIpc) is 2.82. The molecular weight excluding hydrogens is 451 g/mol. The topological polar surface area (TPSA) is 95.7 Å². The van der Waals surface area contributed by atoms with Gasteiger partial charge in [-0.25, -0.2) is 0 Å². The number of nitrogens with zero attached hydrogens (tertiary/aromatic N) is 2. The van der Waals surface area contributed by atoms with Gasteiger partial charge in [0.1, 0.15) is 0 Å². The summed E-state index contributed by atoms with van der Waals surface area (Å²) >= 11 is 12.1. The molecule has 0 aliphatic carbocycles. The lowest BCUT2D eigenvalue weighted by molar-refractivity contribution is -0.149. The fourth-order valence-corrected chi connectivity index (χ4v) is 4.00. The molecule has 2 aromatic rings. The molecule has 0 aromatic heterocycles. The summed E-state index contributed by atoms with van der Waals surface area (Å²) in [5.74, 6) is -1.01. The molecule has 2 aromatic carbocycles. The van der Waals surface area contributed by atoms with Crippen LogP contribution in [0.2, 0.25) is 10.0 Å². The smallest absolute Gasteiger partial charge is 0.263 e. The molecule has 1 heterocycles. The molecule has 3 N–H and O–H groups in total. The lowest BCUT2D eigenvalue weighted by Gasteiger charge is -2.42. The van der Waals surface area contributed by atoms with Crippen LogP contribution in [0.5, 0.6) is 0 Å². The Morgan fingerprint density at radius 1 is 1.00 bits per heavy atom. The van der Waals surface area contributed by atoms with Crippen LogP contribution in [0.25, 0.3) is 0 Å². The average molecular weight is 477 g/mol. The van der Waals surface area contributed by atoms with Crippen molar-refractivity contribution in [2.24, 2.45) is 5.73 Å². The number of rotatable bonds is 7. The fourth-order valence-electron chi connectivity index (χ4n) is 3.70.